The second-order valence-electron chi connectivity index (χ2n) is 14.1. The van der Waals surface area contributed by atoms with Crippen LogP contribution in [0, 0.1) is 34.3 Å². The van der Waals surface area contributed by atoms with Crippen molar-refractivity contribution in [1.29, 1.82) is 0 Å². The normalized spacial score (nSPS) is 25.4. The number of rotatable bonds is 8. The van der Waals surface area contributed by atoms with Crippen molar-refractivity contribution in [2.45, 2.75) is 51.4 Å². The molecule has 0 amide bonds. The first-order chi connectivity index (χ1) is 23.4. The molecule has 0 radical (unpaired) electrons. The number of halogens is 2. The number of Topliss-reactive ketones (excluding diaryl/α,β-unsaturated/α-hetero) is 2. The van der Waals surface area contributed by atoms with Crippen LogP contribution in [0.15, 0.2) is 48.5 Å². The second-order valence-corrected chi connectivity index (χ2v) is 16.2. The van der Waals surface area contributed by atoms with Crippen LogP contribution >= 0.6 is 22.7 Å². The summed E-state index contributed by atoms with van der Waals surface area (Å²) in [7, 11) is 0. The molecule has 0 saturated carbocycles. The monoisotopic (exact) mass is 694 g/mol. The molecule has 2 aromatic heterocycles. The molecular formula is C38H44F2N2O4S2. The fourth-order valence-corrected chi connectivity index (χ4v) is 10.5. The number of hydrogen-bond acceptors (Lipinski definition) is 8. The van der Waals surface area contributed by atoms with E-state index in [9.17, 15) is 18.4 Å². The Morgan fingerprint density at radius 3 is 1.46 bits per heavy atom. The first-order valence-electron chi connectivity index (χ1n) is 17.4. The average Bonchev–Trinajstić information content (AvgIpc) is 3.93. The minimum Gasteiger partial charge on any atom is -0.381 e. The summed E-state index contributed by atoms with van der Waals surface area (Å²) in [4.78, 5) is 28.1. The molecular weight excluding hydrogens is 651 g/mol. The zero-order valence-corrected chi connectivity index (χ0v) is 28.9. The van der Waals surface area contributed by atoms with Crippen LogP contribution in [0.4, 0.5) is 8.78 Å². The van der Waals surface area contributed by atoms with Gasteiger partial charge in [-0.05, 0) is 111 Å². The van der Waals surface area contributed by atoms with Gasteiger partial charge in [-0.1, -0.05) is 24.3 Å². The summed E-state index contributed by atoms with van der Waals surface area (Å²) < 4.78 is 40.1. The third-order valence-electron chi connectivity index (χ3n) is 10.9. The molecule has 6 heterocycles. The molecule has 4 fully saturated rings. The van der Waals surface area contributed by atoms with Crippen LogP contribution in [0.5, 0.6) is 0 Å². The first kappa shape index (κ1) is 33.9. The van der Waals surface area contributed by atoms with E-state index in [1.165, 1.54) is 34.8 Å². The number of benzene rings is 2. The molecule has 2 N–H and O–H groups in total. The van der Waals surface area contributed by atoms with Crippen molar-refractivity contribution in [2.75, 3.05) is 52.6 Å². The molecule has 2 unspecified atom stereocenters. The Morgan fingerprint density at radius 1 is 0.688 bits per heavy atom. The van der Waals surface area contributed by atoms with E-state index in [1.54, 1.807) is 12.1 Å². The van der Waals surface area contributed by atoms with Crippen molar-refractivity contribution in [2.24, 2.45) is 22.7 Å². The molecule has 48 heavy (non-hydrogen) atoms. The summed E-state index contributed by atoms with van der Waals surface area (Å²) in [6.45, 7) is 6.45. The van der Waals surface area contributed by atoms with Crippen molar-refractivity contribution < 1.29 is 27.8 Å². The second kappa shape index (κ2) is 14.7. The molecule has 2 atom stereocenters. The molecule has 2 aromatic carbocycles. The van der Waals surface area contributed by atoms with Crippen LogP contribution in [0.3, 0.4) is 0 Å². The zero-order valence-electron chi connectivity index (χ0n) is 27.3. The number of carbonyl (C=O) groups is 2. The van der Waals surface area contributed by atoms with Gasteiger partial charge < -0.3 is 20.1 Å². The zero-order chi connectivity index (χ0) is 33.1. The minimum absolute atomic E-state index is 0.194. The predicted molar refractivity (Wildman–Crippen MR) is 188 cm³/mol. The van der Waals surface area contributed by atoms with Crippen molar-refractivity contribution >= 4 is 54.4 Å². The smallest absolute Gasteiger partial charge is 0.180 e. The number of carbonyl (C=O) groups excluding carboxylic acids is 2. The molecule has 4 aromatic rings. The van der Waals surface area contributed by atoms with E-state index < -0.39 is 0 Å². The first-order valence-corrected chi connectivity index (χ1v) is 19.0. The summed E-state index contributed by atoms with van der Waals surface area (Å²) in [5.74, 6) is 1.01. The number of nitrogens with one attached hydrogen (secondary N) is 2. The van der Waals surface area contributed by atoms with Gasteiger partial charge >= 0.3 is 0 Å². The minimum atomic E-state index is -0.334. The molecule has 256 valence electrons. The number of ether oxygens (including phenoxy) is 2. The maximum atomic E-state index is 14.0. The molecule has 4 saturated heterocycles. The fraction of sp³-hybridized carbons (Fsp3) is 0.526. The topological polar surface area (TPSA) is 76.7 Å². The Bertz CT molecular complexity index is 1620. The van der Waals surface area contributed by atoms with Gasteiger partial charge in [0.1, 0.15) is 11.6 Å². The van der Waals surface area contributed by atoms with Gasteiger partial charge in [0.15, 0.2) is 11.6 Å². The van der Waals surface area contributed by atoms with E-state index in [4.69, 9.17) is 9.47 Å². The molecule has 0 bridgehead atoms. The van der Waals surface area contributed by atoms with Gasteiger partial charge in [0.25, 0.3) is 0 Å². The fourth-order valence-electron chi connectivity index (χ4n) is 8.22. The van der Waals surface area contributed by atoms with Crippen LogP contribution in [-0.2, 0) is 9.47 Å². The summed E-state index contributed by atoms with van der Waals surface area (Å²) in [5, 5.41) is 8.41. The van der Waals surface area contributed by atoms with Gasteiger partial charge in [-0.15, -0.1) is 22.7 Å². The van der Waals surface area contributed by atoms with Crippen LogP contribution in [-0.4, -0.2) is 64.2 Å². The Hall–Kier alpha value is -2.60. The van der Waals surface area contributed by atoms with Crippen LogP contribution < -0.4 is 10.6 Å². The third-order valence-corrected chi connectivity index (χ3v) is 13.2. The Labute approximate surface area is 288 Å². The molecule has 6 nitrogen and oxygen atoms in total. The van der Waals surface area contributed by atoms with E-state index in [2.05, 4.69) is 10.6 Å². The Kier molecular flexibility index (Phi) is 10.4. The van der Waals surface area contributed by atoms with Crippen molar-refractivity contribution in [3.05, 3.63) is 69.9 Å². The van der Waals surface area contributed by atoms with E-state index in [-0.39, 0.29) is 34.0 Å². The highest BCUT2D eigenvalue weighted by Crippen LogP contribution is 2.43. The molecule has 0 aliphatic carbocycles. The standard InChI is InChI=1S/2C19H22FNO2S/c2*20-15-3-1-2-14-10-16(24-17(14)15)18(22)19(6-7-21-12-19)11-13-4-8-23-9-5-13/h2*1-3,10,13,21H,4-9,11-12H2. The van der Waals surface area contributed by atoms with E-state index in [0.717, 1.165) is 115 Å². The molecule has 4 aliphatic heterocycles. The van der Waals surface area contributed by atoms with Gasteiger partial charge in [-0.3, -0.25) is 9.59 Å². The summed E-state index contributed by atoms with van der Waals surface area (Å²) in [5.41, 5.74) is -0.668. The molecule has 0 spiro atoms. The Morgan fingerprint density at radius 2 is 1.10 bits per heavy atom. The molecule has 10 heteroatoms. The molecule has 8 rings (SSSR count). The number of fused-ring (bicyclic) bond motifs is 2. The van der Waals surface area contributed by atoms with Crippen LogP contribution in [0.2, 0.25) is 0 Å². The van der Waals surface area contributed by atoms with Gasteiger partial charge in [-0.25, -0.2) is 8.78 Å². The number of ketones is 2. The highest BCUT2D eigenvalue weighted by molar-refractivity contribution is 7.21. The van der Waals surface area contributed by atoms with Crippen LogP contribution in [0.1, 0.15) is 70.7 Å². The quantitative estimate of drug-likeness (QED) is 0.182. The summed E-state index contributed by atoms with van der Waals surface area (Å²) >= 11 is 2.60. The summed E-state index contributed by atoms with van der Waals surface area (Å²) in [6.07, 6.45) is 7.73. The van der Waals surface area contributed by atoms with Gasteiger partial charge in [-0.2, -0.15) is 0 Å². The predicted octanol–water partition coefficient (Wildman–Crippen LogP) is 8.04. The lowest BCUT2D eigenvalue weighted by molar-refractivity contribution is 0.0451. The maximum Gasteiger partial charge on any atom is 0.180 e. The largest absolute Gasteiger partial charge is 0.381 e. The number of thiophene rings is 2. The lowest BCUT2D eigenvalue weighted by Gasteiger charge is -2.32. The lowest BCUT2D eigenvalue weighted by atomic mass is 9.73. The average molecular weight is 695 g/mol. The lowest BCUT2D eigenvalue weighted by Crippen LogP contribution is -2.36. The van der Waals surface area contributed by atoms with Gasteiger partial charge in [0.05, 0.1) is 19.2 Å². The summed E-state index contributed by atoms with van der Waals surface area (Å²) in [6, 6.07) is 13.8. The third kappa shape index (κ3) is 7.02. The van der Waals surface area contributed by atoms with Crippen molar-refractivity contribution in [1.82, 2.24) is 10.6 Å². The van der Waals surface area contributed by atoms with Gasteiger partial charge in [0, 0.05) is 50.3 Å². The van der Waals surface area contributed by atoms with Crippen LogP contribution in [0.25, 0.3) is 20.2 Å². The van der Waals surface area contributed by atoms with E-state index >= 15 is 0 Å². The van der Waals surface area contributed by atoms with Crippen molar-refractivity contribution in [3.8, 4) is 0 Å². The SMILES string of the molecule is O=C(c1cc2cccc(F)c2s1)C1(CC2CCOCC2)CCNC1.O=C(c1cc2cccc(F)c2s1)C1(CC2CCOCC2)CCNC1. The highest BCUT2D eigenvalue weighted by atomic mass is 32.1. The van der Waals surface area contributed by atoms with Gasteiger partial charge in [0.2, 0.25) is 0 Å². The number of hydrogen-bond donors (Lipinski definition) is 2. The van der Waals surface area contributed by atoms with Crippen molar-refractivity contribution in [3.63, 3.8) is 0 Å². The molecule has 4 aliphatic rings. The van der Waals surface area contributed by atoms with E-state index in [1.807, 2.05) is 24.3 Å². The maximum absolute atomic E-state index is 14.0. The van der Waals surface area contributed by atoms with E-state index in [0.29, 0.717) is 31.0 Å². The Balaban J connectivity index is 0.000000152. The highest BCUT2D eigenvalue weighted by Gasteiger charge is 2.45.